The molecule has 0 aromatic carbocycles. The van der Waals surface area contributed by atoms with Gasteiger partial charge in [0.2, 0.25) is 0 Å². The summed E-state index contributed by atoms with van der Waals surface area (Å²) >= 11 is 1.45. The minimum atomic E-state index is -1.09. The molecule has 7 heteroatoms. The third-order valence-corrected chi connectivity index (χ3v) is 4.88. The van der Waals surface area contributed by atoms with Gasteiger partial charge in [-0.15, -0.1) is 0 Å². The minimum Gasteiger partial charge on any atom is -0.480 e. The Kier molecular flexibility index (Phi) is 14.8. The average Bonchev–Trinajstić information content (AvgIpc) is 2.61. The highest BCUT2D eigenvalue weighted by atomic mass is 32.2. The Balaban J connectivity index is 4.17. The van der Waals surface area contributed by atoms with Gasteiger partial charge in [-0.3, -0.25) is 0 Å². The Morgan fingerprint density at radius 1 is 1.00 bits per heavy atom. The standard InChI is InChI=1S/C21H34N2O4S/c1-16(2)7-5-8-17(3)9-6-10-18(4)11-14-28-15-19(20(25)26)23-21(27)22-12-13-24/h7,9,11,13,19H,5-6,8,10,12,14-15H2,1-4H3,(H,25,26)(H2,22,23,27)/b17-9+,18-11+/t19-/m0/s1. The van der Waals surface area contributed by atoms with Gasteiger partial charge in [-0.25, -0.2) is 9.59 Å². The maximum atomic E-state index is 11.5. The van der Waals surface area contributed by atoms with Gasteiger partial charge >= 0.3 is 12.0 Å². The molecule has 0 fully saturated rings. The molecule has 0 radical (unpaired) electrons. The molecule has 0 spiro atoms. The Bertz CT molecular complexity index is 593. The minimum absolute atomic E-state index is 0.143. The van der Waals surface area contributed by atoms with Crippen molar-refractivity contribution >= 4 is 30.0 Å². The number of aliphatic carboxylic acids is 1. The first-order chi connectivity index (χ1) is 13.3. The van der Waals surface area contributed by atoms with Crippen LogP contribution in [0.2, 0.25) is 0 Å². The van der Waals surface area contributed by atoms with Crippen LogP contribution in [-0.2, 0) is 9.59 Å². The third-order valence-electron chi connectivity index (χ3n) is 3.91. The van der Waals surface area contributed by atoms with E-state index < -0.39 is 18.0 Å². The summed E-state index contributed by atoms with van der Waals surface area (Å²) in [5, 5.41) is 13.8. The molecule has 0 aromatic rings. The van der Waals surface area contributed by atoms with E-state index in [0.717, 1.165) is 25.7 Å². The summed E-state index contributed by atoms with van der Waals surface area (Å²) < 4.78 is 0. The molecule has 0 aromatic heterocycles. The van der Waals surface area contributed by atoms with Crippen molar-refractivity contribution in [3.63, 3.8) is 0 Å². The number of carboxylic acid groups (broad SMARTS) is 1. The fourth-order valence-corrected chi connectivity index (χ4v) is 3.24. The summed E-state index contributed by atoms with van der Waals surface area (Å²) in [5.41, 5.74) is 4.03. The lowest BCUT2D eigenvalue weighted by Gasteiger charge is -2.13. The van der Waals surface area contributed by atoms with Crippen molar-refractivity contribution < 1.29 is 19.5 Å². The molecule has 0 heterocycles. The normalized spacial score (nSPS) is 12.9. The molecule has 158 valence electrons. The zero-order chi connectivity index (χ0) is 21.4. The molecule has 0 unspecified atom stereocenters. The van der Waals surface area contributed by atoms with E-state index in [4.69, 9.17) is 5.11 Å². The first kappa shape index (κ1) is 26.0. The first-order valence-electron chi connectivity index (χ1n) is 9.49. The van der Waals surface area contributed by atoms with E-state index >= 15 is 0 Å². The van der Waals surface area contributed by atoms with Gasteiger partial charge in [0.1, 0.15) is 12.3 Å². The zero-order valence-corrected chi connectivity index (χ0v) is 18.2. The van der Waals surface area contributed by atoms with Gasteiger partial charge in [0.25, 0.3) is 0 Å². The summed E-state index contributed by atoms with van der Waals surface area (Å²) in [6.07, 6.45) is 11.3. The average molecular weight is 411 g/mol. The van der Waals surface area contributed by atoms with E-state index in [9.17, 15) is 14.4 Å². The number of aldehydes is 1. The molecule has 0 aliphatic heterocycles. The van der Waals surface area contributed by atoms with Crippen molar-refractivity contribution in [3.8, 4) is 0 Å². The SMILES string of the molecule is CC(C)=CCC/C(C)=C/CC/C(C)=C/CSC[C@H](NC(=O)NCC=O)C(=O)O. The van der Waals surface area contributed by atoms with Gasteiger partial charge in [0.15, 0.2) is 0 Å². The molecule has 2 amide bonds. The summed E-state index contributed by atoms with van der Waals surface area (Å²) in [6.45, 7) is 8.33. The Morgan fingerprint density at radius 2 is 1.61 bits per heavy atom. The van der Waals surface area contributed by atoms with E-state index in [-0.39, 0.29) is 12.3 Å². The monoisotopic (exact) mass is 410 g/mol. The lowest BCUT2D eigenvalue weighted by Crippen LogP contribution is -2.47. The molecule has 0 saturated heterocycles. The molecule has 0 aliphatic rings. The summed E-state index contributed by atoms with van der Waals surface area (Å²) in [5.74, 6) is -0.142. The number of allylic oxidation sites excluding steroid dienone is 5. The molecule has 0 aliphatic carbocycles. The van der Waals surface area contributed by atoms with Crippen LogP contribution in [0, 0.1) is 0 Å². The lowest BCUT2D eigenvalue weighted by molar-refractivity contribution is -0.138. The number of thioether (sulfide) groups is 1. The van der Waals surface area contributed by atoms with Crippen molar-refractivity contribution in [3.05, 3.63) is 34.9 Å². The van der Waals surface area contributed by atoms with Crippen LogP contribution in [0.25, 0.3) is 0 Å². The summed E-state index contributed by atoms with van der Waals surface area (Å²) in [4.78, 5) is 32.9. The van der Waals surface area contributed by atoms with Crippen LogP contribution < -0.4 is 10.6 Å². The van der Waals surface area contributed by atoms with Gasteiger partial charge in [-0.05, 0) is 53.4 Å². The number of rotatable bonds is 14. The van der Waals surface area contributed by atoms with Crippen LogP contribution in [0.15, 0.2) is 34.9 Å². The van der Waals surface area contributed by atoms with E-state index in [1.54, 1.807) is 0 Å². The van der Waals surface area contributed by atoms with Crippen molar-refractivity contribution in [2.45, 2.75) is 59.4 Å². The molecule has 3 N–H and O–H groups in total. The van der Waals surface area contributed by atoms with Gasteiger partial charge in [0.05, 0.1) is 6.54 Å². The number of nitrogens with one attached hydrogen (secondary N) is 2. The van der Waals surface area contributed by atoms with Crippen LogP contribution >= 0.6 is 11.8 Å². The Labute approximate surface area is 172 Å². The highest BCUT2D eigenvalue weighted by Crippen LogP contribution is 2.13. The van der Waals surface area contributed by atoms with Crippen molar-refractivity contribution in [2.75, 3.05) is 18.1 Å². The van der Waals surface area contributed by atoms with Crippen LogP contribution in [0.1, 0.15) is 53.4 Å². The van der Waals surface area contributed by atoms with Crippen LogP contribution in [0.3, 0.4) is 0 Å². The predicted octanol–water partition coefficient (Wildman–Crippen LogP) is 4.09. The summed E-state index contributed by atoms with van der Waals surface area (Å²) in [6, 6.07) is -1.64. The third kappa shape index (κ3) is 15.1. The maximum Gasteiger partial charge on any atom is 0.327 e. The molecule has 6 nitrogen and oxygen atoms in total. The second kappa shape index (κ2) is 16.0. The first-order valence-corrected chi connectivity index (χ1v) is 10.6. The predicted molar refractivity (Wildman–Crippen MR) is 117 cm³/mol. The van der Waals surface area contributed by atoms with Crippen LogP contribution in [0.4, 0.5) is 4.79 Å². The smallest absolute Gasteiger partial charge is 0.327 e. The lowest BCUT2D eigenvalue weighted by atomic mass is 10.1. The number of hydrogen-bond donors (Lipinski definition) is 3. The molecule has 28 heavy (non-hydrogen) atoms. The van der Waals surface area contributed by atoms with Gasteiger partial charge in [-0.2, -0.15) is 11.8 Å². The maximum absolute atomic E-state index is 11.5. The fraction of sp³-hybridized carbons (Fsp3) is 0.571. The number of carbonyl (C=O) groups excluding carboxylic acids is 2. The molecular weight excluding hydrogens is 376 g/mol. The Morgan fingerprint density at radius 3 is 2.18 bits per heavy atom. The van der Waals surface area contributed by atoms with Crippen LogP contribution in [0.5, 0.6) is 0 Å². The van der Waals surface area contributed by atoms with Gasteiger partial charge < -0.3 is 20.5 Å². The highest BCUT2D eigenvalue weighted by molar-refractivity contribution is 7.99. The number of carboxylic acids is 1. The van der Waals surface area contributed by atoms with E-state index in [0.29, 0.717) is 12.0 Å². The zero-order valence-electron chi connectivity index (χ0n) is 17.4. The van der Waals surface area contributed by atoms with Crippen molar-refractivity contribution in [1.29, 1.82) is 0 Å². The second-order valence-corrected chi connectivity index (χ2v) is 7.98. The molecule has 0 saturated carbocycles. The van der Waals surface area contributed by atoms with E-state index in [1.807, 2.05) is 0 Å². The number of urea groups is 1. The summed E-state index contributed by atoms with van der Waals surface area (Å²) in [7, 11) is 0. The van der Waals surface area contributed by atoms with Gasteiger partial charge in [0, 0.05) is 11.5 Å². The molecule has 1 atom stereocenters. The Hall–Kier alpha value is -2.02. The van der Waals surface area contributed by atoms with E-state index in [2.05, 4.69) is 56.6 Å². The van der Waals surface area contributed by atoms with Crippen LogP contribution in [-0.4, -0.2) is 47.5 Å². The van der Waals surface area contributed by atoms with Gasteiger partial charge in [-0.1, -0.05) is 34.9 Å². The molecule has 0 bridgehead atoms. The number of hydrogen-bond acceptors (Lipinski definition) is 4. The van der Waals surface area contributed by atoms with Crippen molar-refractivity contribution in [2.24, 2.45) is 0 Å². The molecule has 0 rings (SSSR count). The quantitative estimate of drug-likeness (QED) is 0.228. The fourth-order valence-electron chi connectivity index (χ4n) is 2.24. The molecular formula is C21H34N2O4S. The van der Waals surface area contributed by atoms with E-state index in [1.165, 1.54) is 28.5 Å². The number of amides is 2. The largest absolute Gasteiger partial charge is 0.480 e. The number of carbonyl (C=O) groups is 3. The second-order valence-electron chi connectivity index (χ2n) is 6.91. The van der Waals surface area contributed by atoms with Crippen molar-refractivity contribution in [1.82, 2.24) is 10.6 Å². The topological polar surface area (TPSA) is 95.5 Å². The highest BCUT2D eigenvalue weighted by Gasteiger charge is 2.19.